The van der Waals surface area contributed by atoms with Crippen LogP contribution in [0.3, 0.4) is 0 Å². The lowest BCUT2D eigenvalue weighted by atomic mass is 10.00. The summed E-state index contributed by atoms with van der Waals surface area (Å²) in [5.74, 6) is 0.589. The Morgan fingerprint density at radius 1 is 1.47 bits per heavy atom. The molecule has 1 heterocycles. The van der Waals surface area contributed by atoms with Crippen molar-refractivity contribution in [3.8, 4) is 0 Å². The quantitative estimate of drug-likeness (QED) is 0.760. The number of thiophene rings is 1. The van der Waals surface area contributed by atoms with E-state index < -0.39 is 0 Å². The van der Waals surface area contributed by atoms with Gasteiger partial charge in [-0.25, -0.2) is 0 Å². The molecule has 0 fully saturated rings. The first kappa shape index (κ1) is 15.2. The smallest absolute Gasteiger partial charge is 0.0434 e. The Kier molecular flexibility index (Phi) is 7.35. The van der Waals surface area contributed by atoms with Crippen molar-refractivity contribution in [2.45, 2.75) is 39.2 Å². The van der Waals surface area contributed by atoms with E-state index in [2.05, 4.69) is 46.5 Å². The first-order valence-corrected chi connectivity index (χ1v) is 7.93. The van der Waals surface area contributed by atoms with Crippen LogP contribution < -0.4 is 5.32 Å². The van der Waals surface area contributed by atoms with Gasteiger partial charge in [0, 0.05) is 22.0 Å². The lowest BCUT2D eigenvalue weighted by Crippen LogP contribution is -2.26. The molecule has 1 rings (SSSR count). The molecular weight excluding hydrogens is 298 g/mol. The fourth-order valence-corrected chi connectivity index (χ4v) is 3.74. The Hall–Kier alpha value is 0.100. The van der Waals surface area contributed by atoms with Crippen LogP contribution in [0.5, 0.6) is 0 Å². The molecule has 0 saturated carbocycles. The van der Waals surface area contributed by atoms with Crippen LogP contribution in [0.1, 0.15) is 44.0 Å². The third-order valence-corrected chi connectivity index (χ3v) is 5.04. The fraction of sp³-hybridized carbons (Fsp3) is 0.692. The number of aliphatic hydroxyl groups is 1. The van der Waals surface area contributed by atoms with Crippen molar-refractivity contribution in [2.75, 3.05) is 13.2 Å². The molecule has 0 aliphatic carbocycles. The lowest BCUT2D eigenvalue weighted by molar-refractivity contribution is 0.246. The largest absolute Gasteiger partial charge is 0.396 e. The van der Waals surface area contributed by atoms with Crippen LogP contribution in [0, 0.1) is 5.92 Å². The highest BCUT2D eigenvalue weighted by Crippen LogP contribution is 2.28. The predicted molar refractivity (Wildman–Crippen MR) is 78.5 cm³/mol. The summed E-state index contributed by atoms with van der Waals surface area (Å²) in [7, 11) is 0. The minimum absolute atomic E-state index is 0.295. The highest BCUT2D eigenvalue weighted by Gasteiger charge is 2.13. The second kappa shape index (κ2) is 8.25. The second-order valence-electron chi connectivity index (χ2n) is 4.43. The van der Waals surface area contributed by atoms with Gasteiger partial charge in [0.25, 0.3) is 0 Å². The minimum Gasteiger partial charge on any atom is -0.396 e. The fourth-order valence-electron chi connectivity index (χ4n) is 1.99. The Morgan fingerprint density at radius 3 is 2.76 bits per heavy atom. The monoisotopic (exact) mass is 319 g/mol. The summed E-state index contributed by atoms with van der Waals surface area (Å²) < 4.78 is 1.19. The second-order valence-corrected chi connectivity index (χ2v) is 6.23. The highest BCUT2D eigenvalue weighted by atomic mass is 79.9. The maximum Gasteiger partial charge on any atom is 0.0434 e. The molecule has 2 unspecified atom stereocenters. The maximum atomic E-state index is 9.02. The molecule has 17 heavy (non-hydrogen) atoms. The average Bonchev–Trinajstić information content (AvgIpc) is 2.72. The van der Waals surface area contributed by atoms with Gasteiger partial charge < -0.3 is 10.4 Å². The zero-order valence-corrected chi connectivity index (χ0v) is 13.0. The van der Waals surface area contributed by atoms with Crippen LogP contribution in [0.15, 0.2) is 15.9 Å². The molecule has 0 spiro atoms. The molecule has 98 valence electrons. The standard InChI is InChI=1S/C13H22BrNOS/c1-3-4-11(5-7-16)9-15-10(2)13-12(14)6-8-17-13/h6,8,10-11,15-16H,3-5,7,9H2,1-2H3. The zero-order chi connectivity index (χ0) is 12.7. The van der Waals surface area contributed by atoms with Gasteiger partial charge in [-0.2, -0.15) is 0 Å². The molecule has 2 atom stereocenters. The van der Waals surface area contributed by atoms with Crippen molar-refractivity contribution in [1.29, 1.82) is 0 Å². The maximum absolute atomic E-state index is 9.02. The van der Waals surface area contributed by atoms with Crippen LogP contribution in [-0.2, 0) is 0 Å². The summed E-state index contributed by atoms with van der Waals surface area (Å²) in [6, 6.07) is 2.47. The van der Waals surface area contributed by atoms with Gasteiger partial charge in [0.1, 0.15) is 0 Å². The minimum atomic E-state index is 0.295. The van der Waals surface area contributed by atoms with Crippen molar-refractivity contribution in [3.63, 3.8) is 0 Å². The van der Waals surface area contributed by atoms with E-state index >= 15 is 0 Å². The molecule has 0 radical (unpaired) electrons. The molecule has 4 heteroatoms. The third-order valence-electron chi connectivity index (χ3n) is 2.99. The normalized spacial score (nSPS) is 14.8. The van der Waals surface area contributed by atoms with E-state index in [1.807, 2.05) is 0 Å². The molecule has 1 aromatic rings. The number of hydrogen-bond donors (Lipinski definition) is 2. The van der Waals surface area contributed by atoms with Gasteiger partial charge in [-0.1, -0.05) is 13.3 Å². The van der Waals surface area contributed by atoms with E-state index in [4.69, 9.17) is 5.11 Å². The molecule has 0 aliphatic rings. The van der Waals surface area contributed by atoms with Crippen molar-refractivity contribution in [3.05, 3.63) is 20.8 Å². The molecule has 0 bridgehead atoms. The van der Waals surface area contributed by atoms with E-state index in [1.165, 1.54) is 22.2 Å². The summed E-state index contributed by atoms with van der Waals surface area (Å²) >= 11 is 5.34. The van der Waals surface area contributed by atoms with Crippen LogP contribution in [0.4, 0.5) is 0 Å². The van der Waals surface area contributed by atoms with Gasteiger partial charge in [-0.15, -0.1) is 11.3 Å². The van der Waals surface area contributed by atoms with E-state index in [1.54, 1.807) is 11.3 Å². The topological polar surface area (TPSA) is 32.3 Å². The summed E-state index contributed by atoms with van der Waals surface area (Å²) in [6.45, 7) is 5.67. The predicted octanol–water partition coefficient (Wildman–Crippen LogP) is 3.96. The zero-order valence-electron chi connectivity index (χ0n) is 10.6. The number of halogens is 1. The molecule has 0 saturated heterocycles. The van der Waals surface area contributed by atoms with E-state index in [0.717, 1.165) is 13.0 Å². The average molecular weight is 320 g/mol. The van der Waals surface area contributed by atoms with Gasteiger partial charge in [-0.3, -0.25) is 0 Å². The Balaban J connectivity index is 2.40. The van der Waals surface area contributed by atoms with E-state index in [9.17, 15) is 0 Å². The van der Waals surface area contributed by atoms with Gasteiger partial charge in [-0.05, 0) is 59.6 Å². The van der Waals surface area contributed by atoms with Crippen LogP contribution in [-0.4, -0.2) is 18.3 Å². The number of nitrogens with one attached hydrogen (secondary N) is 1. The molecule has 2 N–H and O–H groups in total. The van der Waals surface area contributed by atoms with Crippen LogP contribution in [0.2, 0.25) is 0 Å². The van der Waals surface area contributed by atoms with Crippen molar-refractivity contribution < 1.29 is 5.11 Å². The Bertz CT molecular complexity index is 310. The SMILES string of the molecule is CCCC(CCO)CNC(C)c1sccc1Br. The molecule has 0 aliphatic heterocycles. The van der Waals surface area contributed by atoms with E-state index in [0.29, 0.717) is 18.6 Å². The van der Waals surface area contributed by atoms with Crippen molar-refractivity contribution >= 4 is 27.3 Å². The van der Waals surface area contributed by atoms with Gasteiger partial charge >= 0.3 is 0 Å². The number of rotatable bonds is 8. The number of hydrogen-bond acceptors (Lipinski definition) is 3. The van der Waals surface area contributed by atoms with Crippen molar-refractivity contribution in [1.82, 2.24) is 5.32 Å². The van der Waals surface area contributed by atoms with Gasteiger partial charge in [0.15, 0.2) is 0 Å². The Morgan fingerprint density at radius 2 is 2.24 bits per heavy atom. The van der Waals surface area contributed by atoms with Crippen LogP contribution >= 0.6 is 27.3 Å². The Labute approximate surface area is 117 Å². The van der Waals surface area contributed by atoms with Gasteiger partial charge in [0.05, 0.1) is 0 Å². The summed E-state index contributed by atoms with van der Waals surface area (Å²) in [5.41, 5.74) is 0. The first-order chi connectivity index (χ1) is 8.19. The molecular formula is C13H22BrNOS. The van der Waals surface area contributed by atoms with Gasteiger partial charge in [0.2, 0.25) is 0 Å². The summed E-state index contributed by atoms with van der Waals surface area (Å²) in [6.07, 6.45) is 3.27. The third kappa shape index (κ3) is 5.08. The number of aliphatic hydroxyl groups excluding tert-OH is 1. The van der Waals surface area contributed by atoms with E-state index in [-0.39, 0.29) is 0 Å². The molecule has 2 nitrogen and oxygen atoms in total. The van der Waals surface area contributed by atoms with Crippen LogP contribution in [0.25, 0.3) is 0 Å². The summed E-state index contributed by atoms with van der Waals surface area (Å²) in [5, 5.41) is 14.7. The molecule has 1 aromatic heterocycles. The summed E-state index contributed by atoms with van der Waals surface area (Å²) in [4.78, 5) is 1.35. The highest BCUT2D eigenvalue weighted by molar-refractivity contribution is 9.10. The van der Waals surface area contributed by atoms with Crippen molar-refractivity contribution in [2.24, 2.45) is 5.92 Å². The lowest BCUT2D eigenvalue weighted by Gasteiger charge is -2.19. The first-order valence-electron chi connectivity index (χ1n) is 6.26. The molecule has 0 amide bonds. The molecule has 0 aromatic carbocycles.